The van der Waals surface area contributed by atoms with Crippen LogP contribution in [0.3, 0.4) is 0 Å². The number of nitrogens with two attached hydrogens (primary N) is 1. The van der Waals surface area contributed by atoms with Gasteiger partial charge in [-0.1, -0.05) is 17.4 Å². The number of H-pyrrole nitrogens is 1. The molecule has 3 aromatic heterocycles. The summed E-state index contributed by atoms with van der Waals surface area (Å²) in [6.45, 7) is 3.82. The van der Waals surface area contributed by atoms with E-state index in [0.29, 0.717) is 20.5 Å². The average Bonchev–Trinajstić information content (AvgIpc) is 3.07. The summed E-state index contributed by atoms with van der Waals surface area (Å²) in [5, 5.41) is 4.05. The lowest BCUT2D eigenvalue weighted by atomic mass is 10.2. The molecule has 4 N–H and O–H groups in total. The predicted molar refractivity (Wildman–Crippen MR) is 104 cm³/mol. The van der Waals surface area contributed by atoms with Crippen LogP contribution in [0.4, 0.5) is 10.8 Å². The minimum atomic E-state index is -0.324. The number of carbonyl (C=O) groups excluding carboxylic acids is 1. The molecule has 0 aliphatic heterocycles. The Bertz CT molecular complexity index is 1200. The van der Waals surface area contributed by atoms with E-state index >= 15 is 0 Å². The quantitative estimate of drug-likeness (QED) is 0.501. The molecule has 0 spiro atoms. The third-order valence-electron chi connectivity index (χ3n) is 3.89. The van der Waals surface area contributed by atoms with Crippen LogP contribution < -0.4 is 16.6 Å². The molecule has 0 aliphatic carbocycles. The second-order valence-corrected chi connectivity index (χ2v) is 7.86. The average molecular weight is 370 g/mol. The third kappa shape index (κ3) is 2.69. The number of nitrogens with one attached hydrogen (secondary N) is 2. The van der Waals surface area contributed by atoms with E-state index in [2.05, 4.69) is 15.3 Å². The zero-order chi connectivity index (χ0) is 17.7. The molecule has 4 aromatic rings. The normalized spacial score (nSPS) is 11.3. The van der Waals surface area contributed by atoms with Gasteiger partial charge in [0, 0.05) is 11.5 Å². The van der Waals surface area contributed by atoms with Gasteiger partial charge in [-0.15, -0.1) is 11.3 Å². The molecular weight excluding hydrogens is 356 g/mol. The van der Waals surface area contributed by atoms with Gasteiger partial charge in [0.25, 0.3) is 5.91 Å². The minimum Gasteiger partial charge on any atom is -0.397 e. The Labute approximate surface area is 150 Å². The van der Waals surface area contributed by atoms with Crippen molar-refractivity contribution in [2.45, 2.75) is 13.8 Å². The molecule has 1 aromatic carbocycles. The number of nitrogens with zero attached hydrogens (tertiary/aromatic N) is 1. The monoisotopic (exact) mass is 370 g/mol. The maximum atomic E-state index is 12.6. The van der Waals surface area contributed by atoms with Gasteiger partial charge < -0.3 is 10.7 Å². The number of hydrogen-bond acceptors (Lipinski definition) is 6. The lowest BCUT2D eigenvalue weighted by Gasteiger charge is -2.00. The van der Waals surface area contributed by atoms with Crippen LogP contribution in [0.1, 0.15) is 20.8 Å². The van der Waals surface area contributed by atoms with Gasteiger partial charge in [-0.2, -0.15) is 0 Å². The van der Waals surface area contributed by atoms with Crippen molar-refractivity contribution in [3.05, 3.63) is 50.6 Å². The third-order valence-corrected chi connectivity index (χ3v) is 5.95. The van der Waals surface area contributed by atoms with E-state index in [1.165, 1.54) is 28.7 Å². The molecule has 3 heterocycles. The zero-order valence-corrected chi connectivity index (χ0v) is 15.1. The summed E-state index contributed by atoms with van der Waals surface area (Å²) in [5.74, 6) is -0.324. The van der Waals surface area contributed by atoms with Crippen molar-refractivity contribution in [2.24, 2.45) is 0 Å². The van der Waals surface area contributed by atoms with Gasteiger partial charge in [0.2, 0.25) is 5.56 Å². The van der Waals surface area contributed by atoms with Crippen molar-refractivity contribution in [2.75, 3.05) is 11.1 Å². The molecule has 8 heteroatoms. The molecule has 0 unspecified atom stereocenters. The Balaban J connectivity index is 1.73. The number of thiazole rings is 1. The van der Waals surface area contributed by atoms with E-state index in [0.717, 1.165) is 26.7 Å². The minimum absolute atomic E-state index is 0.209. The molecule has 126 valence electrons. The predicted octanol–water partition coefficient (Wildman–Crippen LogP) is 3.65. The van der Waals surface area contributed by atoms with E-state index in [-0.39, 0.29) is 11.5 Å². The maximum absolute atomic E-state index is 12.6. The van der Waals surface area contributed by atoms with E-state index in [1.807, 2.05) is 25.1 Å². The fraction of sp³-hybridized carbons (Fsp3) is 0.118. The number of nitrogen functional groups attached to an aromatic ring is 1. The molecule has 0 radical (unpaired) electrons. The summed E-state index contributed by atoms with van der Waals surface area (Å²) in [6, 6.07) is 7.42. The highest BCUT2D eigenvalue weighted by atomic mass is 32.1. The first kappa shape index (κ1) is 15.8. The van der Waals surface area contributed by atoms with Crippen molar-refractivity contribution in [3.63, 3.8) is 0 Å². The molecular formula is C17H14N4O2S2. The van der Waals surface area contributed by atoms with Crippen LogP contribution in [0, 0.1) is 13.8 Å². The Morgan fingerprint density at radius 2 is 2.04 bits per heavy atom. The van der Waals surface area contributed by atoms with Gasteiger partial charge in [-0.05, 0) is 37.1 Å². The standard InChI is InChI=1S/C17H14N4O2S2/c1-7-3-4-9-10(5-7)24-17(19-9)21-15(23)14-13(18)12-8(2)6-11(22)20-16(12)25-14/h3-6H,18H2,1-2H3,(H,20,22)(H,19,21,23). The van der Waals surface area contributed by atoms with Crippen LogP contribution in [0.5, 0.6) is 0 Å². The number of anilines is 2. The fourth-order valence-electron chi connectivity index (χ4n) is 2.75. The molecule has 0 atom stereocenters. The van der Waals surface area contributed by atoms with Gasteiger partial charge in [-0.25, -0.2) is 4.98 Å². The molecule has 0 bridgehead atoms. The number of thiophene rings is 1. The lowest BCUT2D eigenvalue weighted by molar-refractivity contribution is 0.103. The smallest absolute Gasteiger partial charge is 0.269 e. The van der Waals surface area contributed by atoms with Gasteiger partial charge in [0.15, 0.2) is 5.13 Å². The van der Waals surface area contributed by atoms with Crippen molar-refractivity contribution in [1.29, 1.82) is 0 Å². The number of aromatic amines is 1. The Morgan fingerprint density at radius 3 is 2.84 bits per heavy atom. The van der Waals surface area contributed by atoms with E-state index in [1.54, 1.807) is 6.92 Å². The number of fused-ring (bicyclic) bond motifs is 2. The second-order valence-electron chi connectivity index (χ2n) is 5.81. The molecule has 0 fully saturated rings. The number of hydrogen-bond donors (Lipinski definition) is 3. The number of amides is 1. The lowest BCUT2D eigenvalue weighted by Crippen LogP contribution is -2.11. The van der Waals surface area contributed by atoms with Crippen molar-refractivity contribution in [3.8, 4) is 0 Å². The van der Waals surface area contributed by atoms with E-state index in [9.17, 15) is 9.59 Å². The summed E-state index contributed by atoms with van der Waals surface area (Å²) in [5.41, 5.74) is 9.06. The zero-order valence-electron chi connectivity index (χ0n) is 13.5. The first-order valence-electron chi connectivity index (χ1n) is 7.53. The van der Waals surface area contributed by atoms with Crippen LogP contribution in [-0.4, -0.2) is 15.9 Å². The topological polar surface area (TPSA) is 101 Å². The molecule has 25 heavy (non-hydrogen) atoms. The number of aromatic nitrogens is 2. The fourth-order valence-corrected chi connectivity index (χ4v) is 4.79. The van der Waals surface area contributed by atoms with Crippen molar-refractivity contribution < 1.29 is 4.79 Å². The molecule has 0 aliphatic rings. The Kier molecular flexibility index (Phi) is 3.59. The Morgan fingerprint density at radius 1 is 1.24 bits per heavy atom. The largest absolute Gasteiger partial charge is 0.397 e. The molecule has 4 rings (SSSR count). The molecule has 0 saturated heterocycles. The van der Waals surface area contributed by atoms with E-state index < -0.39 is 0 Å². The highest BCUT2D eigenvalue weighted by Gasteiger charge is 2.19. The number of rotatable bonds is 2. The van der Waals surface area contributed by atoms with Crippen LogP contribution >= 0.6 is 22.7 Å². The summed E-state index contributed by atoms with van der Waals surface area (Å²) in [6.07, 6.45) is 0. The highest BCUT2D eigenvalue weighted by Crippen LogP contribution is 2.35. The first-order chi connectivity index (χ1) is 11.9. The maximum Gasteiger partial charge on any atom is 0.269 e. The Hall–Kier alpha value is -2.71. The van der Waals surface area contributed by atoms with E-state index in [4.69, 9.17) is 5.73 Å². The van der Waals surface area contributed by atoms with Crippen LogP contribution in [0.2, 0.25) is 0 Å². The number of benzene rings is 1. The van der Waals surface area contributed by atoms with Crippen LogP contribution in [0.15, 0.2) is 29.1 Å². The van der Waals surface area contributed by atoms with Gasteiger partial charge in [0.1, 0.15) is 9.71 Å². The summed E-state index contributed by atoms with van der Waals surface area (Å²) in [7, 11) is 0. The number of carbonyl (C=O) groups is 1. The SMILES string of the molecule is Cc1ccc2nc(NC(=O)c3sc4[nH]c(=O)cc(C)c4c3N)sc2c1. The first-order valence-corrected chi connectivity index (χ1v) is 9.16. The molecule has 1 amide bonds. The van der Waals surface area contributed by atoms with Crippen LogP contribution in [-0.2, 0) is 0 Å². The van der Waals surface area contributed by atoms with Crippen LogP contribution in [0.25, 0.3) is 20.4 Å². The number of aryl methyl sites for hydroxylation is 2. The summed E-state index contributed by atoms with van der Waals surface area (Å²) >= 11 is 2.59. The van der Waals surface area contributed by atoms with Crippen molar-refractivity contribution in [1.82, 2.24) is 9.97 Å². The summed E-state index contributed by atoms with van der Waals surface area (Å²) < 4.78 is 1.01. The molecule has 0 saturated carbocycles. The van der Waals surface area contributed by atoms with Gasteiger partial charge in [-0.3, -0.25) is 14.9 Å². The van der Waals surface area contributed by atoms with Gasteiger partial charge >= 0.3 is 0 Å². The number of pyridine rings is 1. The van der Waals surface area contributed by atoms with Gasteiger partial charge in [0.05, 0.1) is 15.9 Å². The molecule has 6 nitrogen and oxygen atoms in total. The second kappa shape index (κ2) is 5.68. The highest BCUT2D eigenvalue weighted by molar-refractivity contribution is 7.23. The van der Waals surface area contributed by atoms with Crippen molar-refractivity contribution >= 4 is 59.8 Å². The summed E-state index contributed by atoms with van der Waals surface area (Å²) in [4.78, 5) is 32.4.